The molecule has 0 bridgehead atoms. The molecule has 0 N–H and O–H groups in total. The number of ether oxygens (including phenoxy) is 1. The molecule has 28 heavy (non-hydrogen) atoms. The highest BCUT2D eigenvalue weighted by atomic mass is 16.5. The SMILES string of the molecule is CCC1CN(CC)CC2(CCN(C(=O)c3ccc(OC(C)C)c(C)c3)CC2)C1. The number of carbonyl (C=O) groups excluding carboxylic acids is 1. The molecule has 0 aliphatic carbocycles. The fraction of sp³-hybridized carbons (Fsp3) is 0.708. The minimum atomic E-state index is 0.142. The van der Waals surface area contributed by atoms with Crippen LogP contribution in [0.15, 0.2) is 18.2 Å². The molecular formula is C24H38N2O2. The first-order chi connectivity index (χ1) is 13.4. The van der Waals surface area contributed by atoms with Crippen molar-refractivity contribution in [2.75, 3.05) is 32.7 Å². The van der Waals surface area contributed by atoms with E-state index in [2.05, 4.69) is 23.6 Å². The summed E-state index contributed by atoms with van der Waals surface area (Å²) in [5.41, 5.74) is 2.23. The van der Waals surface area contributed by atoms with Crippen LogP contribution in [0.4, 0.5) is 0 Å². The van der Waals surface area contributed by atoms with Crippen molar-refractivity contribution >= 4 is 5.91 Å². The van der Waals surface area contributed by atoms with E-state index in [9.17, 15) is 4.79 Å². The van der Waals surface area contributed by atoms with Crippen LogP contribution in [-0.2, 0) is 0 Å². The highest BCUT2D eigenvalue weighted by Crippen LogP contribution is 2.43. The Morgan fingerprint density at radius 3 is 2.54 bits per heavy atom. The van der Waals surface area contributed by atoms with Crippen molar-refractivity contribution in [1.29, 1.82) is 0 Å². The minimum Gasteiger partial charge on any atom is -0.491 e. The van der Waals surface area contributed by atoms with E-state index < -0.39 is 0 Å². The molecule has 2 aliphatic heterocycles. The van der Waals surface area contributed by atoms with Gasteiger partial charge in [-0.2, -0.15) is 0 Å². The Hall–Kier alpha value is -1.55. The summed E-state index contributed by atoms with van der Waals surface area (Å²) in [6.45, 7) is 16.0. The van der Waals surface area contributed by atoms with Crippen molar-refractivity contribution in [2.45, 2.75) is 66.4 Å². The first-order valence-electron chi connectivity index (χ1n) is 11.1. The molecule has 1 atom stereocenters. The molecule has 156 valence electrons. The number of piperidine rings is 2. The Balaban J connectivity index is 1.64. The summed E-state index contributed by atoms with van der Waals surface area (Å²) in [5.74, 6) is 1.85. The van der Waals surface area contributed by atoms with Gasteiger partial charge in [0, 0.05) is 31.7 Å². The number of rotatable bonds is 5. The average molecular weight is 387 g/mol. The van der Waals surface area contributed by atoms with Crippen LogP contribution in [0.1, 0.15) is 69.3 Å². The van der Waals surface area contributed by atoms with Gasteiger partial charge in [0.2, 0.25) is 0 Å². The number of amides is 1. The van der Waals surface area contributed by atoms with E-state index in [1.54, 1.807) is 0 Å². The predicted octanol–water partition coefficient (Wildman–Crippen LogP) is 4.76. The standard InChI is InChI=1S/C24H38N2O2/c1-6-20-15-24(17-25(7-2)16-20)10-12-26(13-11-24)23(27)21-8-9-22(19(5)14-21)28-18(3)4/h8-9,14,18,20H,6-7,10-13,15-17H2,1-5H3. The van der Waals surface area contributed by atoms with Gasteiger partial charge < -0.3 is 14.5 Å². The Morgan fingerprint density at radius 2 is 1.96 bits per heavy atom. The van der Waals surface area contributed by atoms with Gasteiger partial charge in [-0.15, -0.1) is 0 Å². The Kier molecular flexibility index (Phi) is 6.69. The van der Waals surface area contributed by atoms with E-state index >= 15 is 0 Å². The minimum absolute atomic E-state index is 0.142. The molecule has 4 heteroatoms. The zero-order valence-corrected chi connectivity index (χ0v) is 18.5. The van der Waals surface area contributed by atoms with Crippen LogP contribution in [0.2, 0.25) is 0 Å². The summed E-state index contributed by atoms with van der Waals surface area (Å²) in [5, 5.41) is 0. The lowest BCUT2D eigenvalue weighted by atomic mass is 9.68. The molecule has 2 fully saturated rings. The predicted molar refractivity (Wildman–Crippen MR) is 115 cm³/mol. The molecule has 1 spiro atoms. The number of likely N-dealkylation sites (tertiary alicyclic amines) is 2. The summed E-state index contributed by atoms with van der Waals surface area (Å²) >= 11 is 0. The van der Waals surface area contributed by atoms with Crippen LogP contribution in [0.5, 0.6) is 5.75 Å². The number of benzene rings is 1. The van der Waals surface area contributed by atoms with Gasteiger partial charge in [-0.25, -0.2) is 0 Å². The van der Waals surface area contributed by atoms with Gasteiger partial charge in [0.15, 0.2) is 0 Å². The second-order valence-corrected chi connectivity index (χ2v) is 9.25. The van der Waals surface area contributed by atoms with E-state index in [-0.39, 0.29) is 12.0 Å². The summed E-state index contributed by atoms with van der Waals surface area (Å²) in [7, 11) is 0. The third-order valence-corrected chi connectivity index (χ3v) is 6.72. The van der Waals surface area contributed by atoms with Gasteiger partial charge in [0.05, 0.1) is 6.10 Å². The highest BCUT2D eigenvalue weighted by molar-refractivity contribution is 5.94. The monoisotopic (exact) mass is 386 g/mol. The van der Waals surface area contributed by atoms with Crippen molar-refractivity contribution in [3.63, 3.8) is 0 Å². The van der Waals surface area contributed by atoms with Crippen molar-refractivity contribution in [3.8, 4) is 5.75 Å². The molecule has 1 amide bonds. The van der Waals surface area contributed by atoms with Crippen LogP contribution in [0.25, 0.3) is 0 Å². The number of carbonyl (C=O) groups is 1. The molecule has 0 aromatic heterocycles. The normalized spacial score (nSPS) is 22.6. The number of hydrogen-bond acceptors (Lipinski definition) is 3. The lowest BCUT2D eigenvalue weighted by Crippen LogP contribution is -2.52. The largest absolute Gasteiger partial charge is 0.491 e. The molecule has 0 saturated carbocycles. The van der Waals surface area contributed by atoms with E-state index in [0.717, 1.165) is 55.3 Å². The van der Waals surface area contributed by atoms with E-state index in [1.165, 1.54) is 25.9 Å². The van der Waals surface area contributed by atoms with Crippen molar-refractivity contribution in [3.05, 3.63) is 29.3 Å². The lowest BCUT2D eigenvalue weighted by Gasteiger charge is -2.50. The van der Waals surface area contributed by atoms with Gasteiger partial charge in [-0.3, -0.25) is 4.79 Å². The fourth-order valence-electron chi connectivity index (χ4n) is 5.06. The van der Waals surface area contributed by atoms with Gasteiger partial charge in [-0.05, 0) is 81.7 Å². The third-order valence-electron chi connectivity index (χ3n) is 6.72. The summed E-state index contributed by atoms with van der Waals surface area (Å²) in [6, 6.07) is 5.85. The van der Waals surface area contributed by atoms with E-state index in [1.807, 2.05) is 39.0 Å². The molecule has 2 aliphatic rings. The maximum atomic E-state index is 13.1. The van der Waals surface area contributed by atoms with Crippen LogP contribution in [-0.4, -0.2) is 54.5 Å². The maximum Gasteiger partial charge on any atom is 0.253 e. The first-order valence-corrected chi connectivity index (χ1v) is 11.1. The topological polar surface area (TPSA) is 32.8 Å². The maximum absolute atomic E-state index is 13.1. The Morgan fingerprint density at radius 1 is 1.25 bits per heavy atom. The van der Waals surface area contributed by atoms with Crippen molar-refractivity contribution in [2.24, 2.45) is 11.3 Å². The lowest BCUT2D eigenvalue weighted by molar-refractivity contribution is 0.000583. The third kappa shape index (κ3) is 4.71. The molecule has 1 unspecified atom stereocenters. The van der Waals surface area contributed by atoms with Gasteiger partial charge in [0.1, 0.15) is 5.75 Å². The summed E-state index contributed by atoms with van der Waals surface area (Å²) in [6.07, 6.45) is 5.02. The molecule has 3 rings (SSSR count). The molecule has 0 radical (unpaired) electrons. The molecule has 2 heterocycles. The first kappa shape index (κ1) is 21.2. The summed E-state index contributed by atoms with van der Waals surface area (Å²) < 4.78 is 5.81. The molecule has 2 saturated heterocycles. The van der Waals surface area contributed by atoms with E-state index in [0.29, 0.717) is 5.41 Å². The van der Waals surface area contributed by atoms with Crippen LogP contribution in [0, 0.1) is 18.3 Å². The zero-order valence-electron chi connectivity index (χ0n) is 18.5. The summed E-state index contributed by atoms with van der Waals surface area (Å²) in [4.78, 5) is 17.8. The smallest absolute Gasteiger partial charge is 0.253 e. The van der Waals surface area contributed by atoms with Crippen LogP contribution in [0.3, 0.4) is 0 Å². The Labute approximate surface area is 171 Å². The average Bonchev–Trinajstić information content (AvgIpc) is 2.68. The Bertz CT molecular complexity index is 663. The molecule has 1 aromatic carbocycles. The van der Waals surface area contributed by atoms with Crippen LogP contribution < -0.4 is 4.74 Å². The van der Waals surface area contributed by atoms with Crippen LogP contribution >= 0.6 is 0 Å². The zero-order chi connectivity index (χ0) is 20.3. The van der Waals surface area contributed by atoms with Crippen molar-refractivity contribution < 1.29 is 9.53 Å². The van der Waals surface area contributed by atoms with Crippen molar-refractivity contribution in [1.82, 2.24) is 9.80 Å². The molecule has 1 aromatic rings. The number of aryl methyl sites for hydroxylation is 1. The van der Waals surface area contributed by atoms with Gasteiger partial charge >= 0.3 is 0 Å². The second kappa shape index (κ2) is 8.86. The number of hydrogen-bond donors (Lipinski definition) is 0. The fourth-order valence-corrected chi connectivity index (χ4v) is 5.06. The van der Waals surface area contributed by atoms with Gasteiger partial charge in [0.25, 0.3) is 5.91 Å². The van der Waals surface area contributed by atoms with E-state index in [4.69, 9.17) is 4.74 Å². The highest BCUT2D eigenvalue weighted by Gasteiger charge is 2.41. The number of nitrogens with zero attached hydrogens (tertiary/aromatic N) is 2. The molecule has 4 nitrogen and oxygen atoms in total. The quantitative estimate of drug-likeness (QED) is 0.732. The molecular weight excluding hydrogens is 348 g/mol. The second-order valence-electron chi connectivity index (χ2n) is 9.25. The van der Waals surface area contributed by atoms with Gasteiger partial charge in [-0.1, -0.05) is 20.3 Å².